The second kappa shape index (κ2) is 9.83. The molecule has 0 bridgehead atoms. The summed E-state index contributed by atoms with van der Waals surface area (Å²) in [5, 5.41) is 3.91. The van der Waals surface area contributed by atoms with Crippen molar-refractivity contribution >= 4 is 17.8 Å². The third-order valence-electron chi connectivity index (χ3n) is 5.82. The van der Waals surface area contributed by atoms with Crippen LogP contribution in [-0.2, 0) is 17.8 Å². The van der Waals surface area contributed by atoms with E-state index in [0.29, 0.717) is 23.6 Å². The Bertz CT molecular complexity index is 1450. The number of hydrogen-bond donors (Lipinski definition) is 0. The largest absolute Gasteiger partial charge is 0.496 e. The summed E-state index contributed by atoms with van der Waals surface area (Å²) in [5.41, 5.74) is 2.25. The first-order valence-electron chi connectivity index (χ1n) is 11.2. The SMILES string of the molecule is COc1ccccc1-c1noc(COC(=O)c2ccc3c(c2)C(=O)N(CCc2ccccc2)C3=O)n1. The number of hydrogen-bond acceptors (Lipinski definition) is 8. The lowest BCUT2D eigenvalue weighted by Gasteiger charge is -2.13. The van der Waals surface area contributed by atoms with Crippen LogP contribution in [0.1, 0.15) is 42.5 Å². The van der Waals surface area contributed by atoms with Crippen molar-refractivity contribution in [2.75, 3.05) is 13.7 Å². The van der Waals surface area contributed by atoms with Crippen LogP contribution < -0.4 is 4.74 Å². The van der Waals surface area contributed by atoms with Gasteiger partial charge in [0.15, 0.2) is 6.61 Å². The number of methoxy groups -OCH3 is 1. The normalized spacial score (nSPS) is 12.5. The summed E-state index contributed by atoms with van der Waals surface area (Å²) in [5.74, 6) is -0.506. The number of imide groups is 1. The molecule has 0 saturated heterocycles. The molecule has 0 spiro atoms. The average Bonchev–Trinajstić information content (AvgIpc) is 3.49. The molecular weight excluding hydrogens is 462 g/mol. The van der Waals surface area contributed by atoms with Crippen LogP contribution >= 0.6 is 0 Å². The highest BCUT2D eigenvalue weighted by Gasteiger charge is 2.35. The Balaban J connectivity index is 1.24. The number of esters is 1. The molecule has 2 amide bonds. The lowest BCUT2D eigenvalue weighted by molar-refractivity contribution is 0.0429. The van der Waals surface area contributed by atoms with Gasteiger partial charge in [0.25, 0.3) is 17.7 Å². The topological polar surface area (TPSA) is 112 Å². The molecule has 0 unspecified atom stereocenters. The van der Waals surface area contributed by atoms with Crippen molar-refractivity contribution in [1.29, 1.82) is 0 Å². The van der Waals surface area contributed by atoms with E-state index in [4.69, 9.17) is 14.0 Å². The second-order valence-corrected chi connectivity index (χ2v) is 8.05. The fourth-order valence-electron chi connectivity index (χ4n) is 3.97. The Kier molecular flexibility index (Phi) is 6.27. The van der Waals surface area contributed by atoms with Gasteiger partial charge in [-0.2, -0.15) is 4.98 Å². The van der Waals surface area contributed by atoms with Gasteiger partial charge in [-0.25, -0.2) is 4.79 Å². The van der Waals surface area contributed by atoms with E-state index in [9.17, 15) is 14.4 Å². The maximum atomic E-state index is 12.9. The minimum atomic E-state index is -0.683. The summed E-state index contributed by atoms with van der Waals surface area (Å²) in [7, 11) is 1.54. The van der Waals surface area contributed by atoms with E-state index in [1.165, 1.54) is 23.1 Å². The predicted octanol–water partition coefficient (Wildman–Crippen LogP) is 3.94. The fraction of sp³-hybridized carbons (Fsp3) is 0.148. The molecule has 36 heavy (non-hydrogen) atoms. The van der Waals surface area contributed by atoms with Crippen LogP contribution in [0, 0.1) is 0 Å². The van der Waals surface area contributed by atoms with Gasteiger partial charge in [0.1, 0.15) is 5.75 Å². The zero-order chi connectivity index (χ0) is 25.1. The number of rotatable bonds is 8. The number of amides is 2. The fourth-order valence-corrected chi connectivity index (χ4v) is 3.97. The van der Waals surface area contributed by atoms with Crippen molar-refractivity contribution in [3.05, 3.63) is 101 Å². The van der Waals surface area contributed by atoms with Gasteiger partial charge in [0, 0.05) is 6.54 Å². The summed E-state index contributed by atoms with van der Waals surface area (Å²) in [4.78, 5) is 43.7. The molecule has 2 heterocycles. The average molecular weight is 483 g/mol. The molecule has 1 aromatic heterocycles. The van der Waals surface area contributed by atoms with Crippen LogP contribution in [0.15, 0.2) is 77.3 Å². The van der Waals surface area contributed by atoms with Crippen molar-refractivity contribution in [2.45, 2.75) is 13.0 Å². The molecule has 3 aromatic carbocycles. The maximum absolute atomic E-state index is 12.9. The Hall–Kier alpha value is -4.79. The van der Waals surface area contributed by atoms with Gasteiger partial charge in [0.2, 0.25) is 5.82 Å². The Labute approximate surface area is 206 Å². The molecule has 0 saturated carbocycles. The standard InChI is InChI=1S/C27H21N3O6/c1-34-22-10-6-5-9-20(22)24-28-23(36-29-24)16-35-27(33)18-11-12-19-21(15-18)26(32)30(25(19)31)14-13-17-7-3-2-4-8-17/h2-12,15H,13-14,16H2,1H3. The van der Waals surface area contributed by atoms with Crippen molar-refractivity contribution in [3.8, 4) is 17.1 Å². The zero-order valence-electron chi connectivity index (χ0n) is 19.3. The van der Waals surface area contributed by atoms with E-state index in [1.54, 1.807) is 19.2 Å². The summed E-state index contributed by atoms with van der Waals surface area (Å²) in [6.45, 7) is -0.00399. The van der Waals surface area contributed by atoms with Gasteiger partial charge >= 0.3 is 5.97 Å². The highest BCUT2D eigenvalue weighted by Crippen LogP contribution is 2.28. The minimum Gasteiger partial charge on any atom is -0.496 e. The van der Waals surface area contributed by atoms with Crippen LogP contribution in [0.2, 0.25) is 0 Å². The third-order valence-corrected chi connectivity index (χ3v) is 5.82. The highest BCUT2D eigenvalue weighted by atomic mass is 16.6. The van der Waals surface area contributed by atoms with E-state index < -0.39 is 11.9 Å². The van der Waals surface area contributed by atoms with Crippen LogP contribution in [0.3, 0.4) is 0 Å². The summed E-state index contributed by atoms with van der Waals surface area (Å²) in [6, 6.07) is 21.1. The predicted molar refractivity (Wildman–Crippen MR) is 127 cm³/mol. The minimum absolute atomic E-state index is 0.101. The Morgan fingerprint density at radius 3 is 2.47 bits per heavy atom. The maximum Gasteiger partial charge on any atom is 0.338 e. The number of carbonyl (C=O) groups is 3. The molecule has 9 heteroatoms. The van der Waals surface area contributed by atoms with Gasteiger partial charge in [-0.3, -0.25) is 14.5 Å². The number of fused-ring (bicyclic) bond motifs is 1. The lowest BCUT2D eigenvalue weighted by Crippen LogP contribution is -2.31. The molecule has 0 N–H and O–H groups in total. The number of ether oxygens (including phenoxy) is 2. The van der Waals surface area contributed by atoms with Crippen molar-refractivity contribution in [3.63, 3.8) is 0 Å². The number of para-hydroxylation sites is 1. The van der Waals surface area contributed by atoms with Gasteiger partial charge in [-0.05, 0) is 42.3 Å². The van der Waals surface area contributed by atoms with Crippen molar-refractivity contribution < 1.29 is 28.4 Å². The van der Waals surface area contributed by atoms with Crippen LogP contribution in [0.5, 0.6) is 5.75 Å². The molecule has 4 aromatic rings. The quantitative estimate of drug-likeness (QED) is 0.274. The first kappa shape index (κ1) is 23.0. The smallest absolute Gasteiger partial charge is 0.338 e. The monoisotopic (exact) mass is 483 g/mol. The highest BCUT2D eigenvalue weighted by molar-refractivity contribution is 6.22. The molecular formula is C27H21N3O6. The summed E-state index contributed by atoms with van der Waals surface area (Å²) in [6.07, 6.45) is 0.544. The molecule has 0 fully saturated rings. The van der Waals surface area contributed by atoms with Crippen molar-refractivity contribution in [1.82, 2.24) is 15.0 Å². The summed E-state index contributed by atoms with van der Waals surface area (Å²) >= 11 is 0. The number of nitrogens with zero attached hydrogens (tertiary/aromatic N) is 3. The van der Waals surface area contributed by atoms with Gasteiger partial charge in [0.05, 0.1) is 29.4 Å². The van der Waals surface area contributed by atoms with Gasteiger partial charge < -0.3 is 14.0 Å². The number of benzene rings is 3. The lowest BCUT2D eigenvalue weighted by atomic mass is 10.1. The number of aromatic nitrogens is 2. The molecule has 0 atom stereocenters. The first-order valence-corrected chi connectivity index (χ1v) is 11.2. The summed E-state index contributed by atoms with van der Waals surface area (Å²) < 4.78 is 15.8. The van der Waals surface area contributed by atoms with Crippen LogP contribution in [0.25, 0.3) is 11.4 Å². The number of carbonyl (C=O) groups excluding carboxylic acids is 3. The first-order chi connectivity index (χ1) is 17.5. The molecule has 0 radical (unpaired) electrons. The zero-order valence-corrected chi connectivity index (χ0v) is 19.3. The molecule has 180 valence electrons. The van der Waals surface area contributed by atoms with Gasteiger partial charge in [-0.15, -0.1) is 0 Å². The van der Waals surface area contributed by atoms with E-state index in [2.05, 4.69) is 10.1 Å². The third kappa shape index (κ3) is 4.46. The van der Waals surface area contributed by atoms with E-state index >= 15 is 0 Å². The Morgan fingerprint density at radius 1 is 0.917 bits per heavy atom. The van der Waals surface area contributed by atoms with E-state index in [-0.39, 0.29) is 41.6 Å². The van der Waals surface area contributed by atoms with Crippen LogP contribution in [-0.4, -0.2) is 46.5 Å². The molecule has 0 aliphatic carbocycles. The van der Waals surface area contributed by atoms with Crippen LogP contribution in [0.4, 0.5) is 0 Å². The van der Waals surface area contributed by atoms with Crippen molar-refractivity contribution in [2.24, 2.45) is 0 Å². The second-order valence-electron chi connectivity index (χ2n) is 8.05. The Morgan fingerprint density at radius 2 is 1.67 bits per heavy atom. The van der Waals surface area contributed by atoms with E-state index in [0.717, 1.165) is 5.56 Å². The van der Waals surface area contributed by atoms with E-state index in [1.807, 2.05) is 42.5 Å². The molecule has 1 aliphatic rings. The molecule has 1 aliphatic heterocycles. The molecule has 9 nitrogen and oxygen atoms in total. The molecule has 5 rings (SSSR count). The van der Waals surface area contributed by atoms with Gasteiger partial charge in [-0.1, -0.05) is 47.6 Å².